The van der Waals surface area contributed by atoms with Crippen LogP contribution in [0.3, 0.4) is 0 Å². The Morgan fingerprint density at radius 1 is 0.488 bits per heavy atom. The van der Waals surface area contributed by atoms with E-state index in [9.17, 15) is 0 Å². The summed E-state index contributed by atoms with van der Waals surface area (Å²) in [5.41, 5.74) is 10.8. The molecule has 11 rings (SSSR count). The van der Waals surface area contributed by atoms with E-state index in [-0.39, 0.29) is 5.41 Å². The van der Waals surface area contributed by atoms with E-state index in [1.165, 1.54) is 59.7 Å². The Hall–Kier alpha value is -4.50. The minimum Gasteiger partial charge on any atom is -0.416 e. The molecule has 0 amide bonds. The topological polar surface area (TPSA) is 38.9 Å². The zero-order valence-corrected chi connectivity index (χ0v) is 24.0. The van der Waals surface area contributed by atoms with Gasteiger partial charge in [0.25, 0.3) is 0 Å². The Morgan fingerprint density at radius 2 is 1.12 bits per heavy atom. The summed E-state index contributed by atoms with van der Waals surface area (Å²) < 4.78 is 6.20. The average Bonchev–Trinajstić information content (AvgIpc) is 3.65. The van der Waals surface area contributed by atoms with Gasteiger partial charge >= 0.3 is 0 Å². The van der Waals surface area contributed by atoms with Crippen molar-refractivity contribution >= 4 is 10.8 Å². The minimum absolute atomic E-state index is 0.207. The van der Waals surface area contributed by atoms with Gasteiger partial charge < -0.3 is 4.42 Å². The van der Waals surface area contributed by atoms with E-state index >= 15 is 0 Å². The second kappa shape index (κ2) is 8.76. The molecule has 6 aromatic rings. The highest BCUT2D eigenvalue weighted by Gasteiger charge is 2.61. The summed E-state index contributed by atoms with van der Waals surface area (Å²) in [7, 11) is 0. The predicted octanol–water partition coefficient (Wildman–Crippen LogP) is 9.95. The summed E-state index contributed by atoms with van der Waals surface area (Å²) >= 11 is 0. The SMILES string of the molecule is c1ccc(-c2nnc(-c3ccc(-c4ccc5c(c4)-c4ccccc4C54C5CC6CC(C5)CC4C6)c4ccccc34)o2)cc1. The summed E-state index contributed by atoms with van der Waals surface area (Å²) in [6.45, 7) is 0. The fraction of sp³-hybridized carbons (Fsp3) is 0.250. The van der Waals surface area contributed by atoms with Gasteiger partial charge in [-0.3, -0.25) is 0 Å². The molecule has 5 aliphatic carbocycles. The first-order valence-corrected chi connectivity index (χ1v) is 15.9. The normalized spacial score (nSPS) is 26.2. The van der Waals surface area contributed by atoms with E-state index in [2.05, 4.69) is 89.1 Å². The third-order valence-electron chi connectivity index (χ3n) is 11.5. The Balaban J connectivity index is 1.11. The van der Waals surface area contributed by atoms with Crippen molar-refractivity contribution < 1.29 is 4.42 Å². The first kappa shape index (κ1) is 24.0. The van der Waals surface area contributed by atoms with Crippen molar-refractivity contribution in [2.45, 2.75) is 37.5 Å². The number of aromatic nitrogens is 2. The molecule has 43 heavy (non-hydrogen) atoms. The van der Waals surface area contributed by atoms with Gasteiger partial charge in [-0.05, 0) is 124 Å². The quantitative estimate of drug-likeness (QED) is 0.218. The molecule has 5 aromatic carbocycles. The maximum atomic E-state index is 6.20. The fourth-order valence-corrected chi connectivity index (χ4v) is 10.1. The van der Waals surface area contributed by atoms with Crippen molar-refractivity contribution in [1.29, 1.82) is 0 Å². The molecular weight excluding hydrogens is 524 g/mol. The molecular formula is C40H32N2O. The second-order valence-corrected chi connectivity index (χ2v) is 13.5. The molecule has 0 atom stereocenters. The van der Waals surface area contributed by atoms with Crippen LogP contribution >= 0.6 is 0 Å². The number of hydrogen-bond donors (Lipinski definition) is 0. The maximum Gasteiger partial charge on any atom is 0.248 e. The van der Waals surface area contributed by atoms with Crippen LogP contribution in [0.25, 0.3) is 55.9 Å². The summed E-state index contributed by atoms with van der Waals surface area (Å²) in [6.07, 6.45) is 7.13. The lowest BCUT2D eigenvalue weighted by atomic mass is 9.43. The Morgan fingerprint density at radius 3 is 1.91 bits per heavy atom. The van der Waals surface area contributed by atoms with Crippen LogP contribution in [0.1, 0.15) is 43.2 Å². The van der Waals surface area contributed by atoms with Crippen molar-refractivity contribution in [3.63, 3.8) is 0 Å². The molecule has 0 aliphatic heterocycles. The summed E-state index contributed by atoms with van der Waals surface area (Å²) in [4.78, 5) is 0. The van der Waals surface area contributed by atoms with E-state index in [4.69, 9.17) is 4.42 Å². The van der Waals surface area contributed by atoms with Crippen molar-refractivity contribution in [2.75, 3.05) is 0 Å². The molecule has 208 valence electrons. The second-order valence-electron chi connectivity index (χ2n) is 13.5. The predicted molar refractivity (Wildman–Crippen MR) is 171 cm³/mol. The monoisotopic (exact) mass is 556 g/mol. The van der Waals surface area contributed by atoms with Crippen LogP contribution in [0.5, 0.6) is 0 Å². The third kappa shape index (κ3) is 3.25. The van der Waals surface area contributed by atoms with Gasteiger partial charge in [-0.1, -0.05) is 84.9 Å². The smallest absolute Gasteiger partial charge is 0.248 e. The minimum atomic E-state index is 0.207. The molecule has 4 fully saturated rings. The van der Waals surface area contributed by atoms with Crippen molar-refractivity contribution in [1.82, 2.24) is 10.2 Å². The number of hydrogen-bond acceptors (Lipinski definition) is 3. The van der Waals surface area contributed by atoms with Gasteiger partial charge in [0.15, 0.2) is 0 Å². The molecule has 1 spiro atoms. The standard InChI is InChI=1S/C40H32N2O/c1-2-8-26(9-3-1)38-41-42-39(43-38)34-16-15-30(31-10-4-5-11-32(31)34)27-14-17-37-35(23-27)33-12-6-7-13-36(33)40(37)28-19-24-18-25(21-28)22-29(40)20-24/h1-17,23-25,28-29H,18-22H2. The lowest BCUT2D eigenvalue weighted by Gasteiger charge is -2.61. The van der Waals surface area contributed by atoms with E-state index in [1.807, 2.05) is 30.3 Å². The average molecular weight is 557 g/mol. The molecule has 0 radical (unpaired) electrons. The van der Waals surface area contributed by atoms with E-state index < -0.39 is 0 Å². The van der Waals surface area contributed by atoms with Crippen LogP contribution in [0.4, 0.5) is 0 Å². The zero-order valence-electron chi connectivity index (χ0n) is 24.0. The van der Waals surface area contributed by atoms with E-state index in [0.29, 0.717) is 11.8 Å². The van der Waals surface area contributed by atoms with Crippen LogP contribution in [-0.4, -0.2) is 10.2 Å². The van der Waals surface area contributed by atoms with Crippen molar-refractivity contribution in [3.8, 4) is 45.2 Å². The molecule has 3 heteroatoms. The van der Waals surface area contributed by atoms with Gasteiger partial charge in [0.1, 0.15) is 0 Å². The highest BCUT2D eigenvalue weighted by molar-refractivity contribution is 6.04. The number of nitrogens with zero attached hydrogens (tertiary/aromatic N) is 2. The molecule has 0 N–H and O–H groups in total. The molecule has 1 aromatic heterocycles. The molecule has 3 nitrogen and oxygen atoms in total. The lowest BCUT2D eigenvalue weighted by Crippen LogP contribution is -2.55. The van der Waals surface area contributed by atoms with Gasteiger partial charge in [-0.15, -0.1) is 10.2 Å². The molecule has 4 saturated carbocycles. The van der Waals surface area contributed by atoms with Gasteiger partial charge in [-0.25, -0.2) is 0 Å². The number of fused-ring (bicyclic) bond motifs is 4. The van der Waals surface area contributed by atoms with Gasteiger partial charge in [0.05, 0.1) is 0 Å². The summed E-state index contributed by atoms with van der Waals surface area (Å²) in [6, 6.07) is 39.8. The maximum absolute atomic E-state index is 6.20. The molecule has 0 saturated heterocycles. The molecule has 4 bridgehead atoms. The van der Waals surface area contributed by atoms with Crippen LogP contribution < -0.4 is 0 Å². The van der Waals surface area contributed by atoms with E-state index in [0.717, 1.165) is 40.2 Å². The Kier molecular flexibility index (Phi) is 4.89. The fourth-order valence-electron chi connectivity index (χ4n) is 10.1. The van der Waals surface area contributed by atoms with Crippen LogP contribution in [0.15, 0.2) is 114 Å². The first-order chi connectivity index (χ1) is 21.3. The van der Waals surface area contributed by atoms with Gasteiger partial charge in [0, 0.05) is 16.5 Å². The first-order valence-electron chi connectivity index (χ1n) is 15.9. The third-order valence-corrected chi connectivity index (χ3v) is 11.5. The zero-order chi connectivity index (χ0) is 28.1. The van der Waals surface area contributed by atoms with Gasteiger partial charge in [-0.2, -0.15) is 0 Å². The number of rotatable bonds is 3. The summed E-state index contributed by atoms with van der Waals surface area (Å²) in [5.74, 6) is 4.57. The summed E-state index contributed by atoms with van der Waals surface area (Å²) in [5, 5.41) is 11.2. The van der Waals surface area contributed by atoms with Crippen LogP contribution in [0, 0.1) is 23.7 Å². The van der Waals surface area contributed by atoms with Crippen LogP contribution in [-0.2, 0) is 5.41 Å². The van der Waals surface area contributed by atoms with Crippen molar-refractivity contribution in [3.05, 3.63) is 120 Å². The van der Waals surface area contributed by atoms with Crippen molar-refractivity contribution in [2.24, 2.45) is 23.7 Å². The lowest BCUT2D eigenvalue weighted by molar-refractivity contribution is -0.0399. The molecule has 0 unspecified atom stereocenters. The largest absolute Gasteiger partial charge is 0.416 e. The highest BCUT2D eigenvalue weighted by atomic mass is 16.4. The van der Waals surface area contributed by atoms with Gasteiger partial charge in [0.2, 0.25) is 11.8 Å². The van der Waals surface area contributed by atoms with E-state index in [1.54, 1.807) is 11.1 Å². The Labute approximate surface area is 251 Å². The molecule has 5 aliphatic rings. The Bertz CT molecular complexity index is 2030. The molecule has 1 heterocycles. The highest BCUT2D eigenvalue weighted by Crippen LogP contribution is 2.69. The number of benzene rings is 5. The van der Waals surface area contributed by atoms with Crippen LogP contribution in [0.2, 0.25) is 0 Å².